The van der Waals surface area contributed by atoms with Crippen molar-refractivity contribution in [3.63, 3.8) is 0 Å². The van der Waals surface area contributed by atoms with Gasteiger partial charge in [0.1, 0.15) is 5.60 Å². The highest BCUT2D eigenvalue weighted by molar-refractivity contribution is 6.06. The van der Waals surface area contributed by atoms with Crippen LogP contribution in [-0.4, -0.2) is 58.7 Å². The molecule has 3 rings (SSSR count). The molecule has 6 nitrogen and oxygen atoms in total. The maximum atomic E-state index is 13.0. The second kappa shape index (κ2) is 7.86. The van der Waals surface area contributed by atoms with Crippen molar-refractivity contribution >= 4 is 22.9 Å². The Balaban J connectivity index is 1.58. The normalized spacial score (nSPS) is 15.7. The molecule has 0 unspecified atom stereocenters. The van der Waals surface area contributed by atoms with E-state index in [0.29, 0.717) is 12.5 Å². The summed E-state index contributed by atoms with van der Waals surface area (Å²) in [5.41, 5.74) is 1.35. The molecule has 2 heterocycles. The molecule has 0 spiro atoms. The zero-order valence-electron chi connectivity index (χ0n) is 17.6. The first-order chi connectivity index (χ1) is 13.2. The number of nitrogens with zero attached hydrogens (tertiary/aromatic N) is 3. The standard InChI is InChI=1S/C22H31N3O3/c1-22(2,3)28-21(27)24(5)15-16-9-13-25(14-10-16)20(26)18-7-6-8-19-17(18)11-12-23(19)4/h6-8,11-12,16H,9-10,13-15H2,1-5H3. The molecule has 1 aliphatic rings. The van der Waals surface area contributed by atoms with Gasteiger partial charge in [0.2, 0.25) is 0 Å². The molecule has 1 aliphatic heterocycles. The number of ether oxygens (including phenoxy) is 1. The summed E-state index contributed by atoms with van der Waals surface area (Å²) in [6.07, 6.45) is 3.48. The number of fused-ring (bicyclic) bond motifs is 1. The average molecular weight is 386 g/mol. The Morgan fingerprint density at radius 2 is 1.86 bits per heavy atom. The van der Waals surface area contributed by atoms with E-state index in [4.69, 9.17) is 4.74 Å². The van der Waals surface area contributed by atoms with Gasteiger partial charge in [-0.25, -0.2) is 4.79 Å². The monoisotopic (exact) mass is 385 g/mol. The molecule has 1 aromatic carbocycles. The van der Waals surface area contributed by atoms with E-state index in [1.807, 2.05) is 67.7 Å². The molecule has 0 bridgehead atoms. The topological polar surface area (TPSA) is 54.8 Å². The molecule has 0 atom stereocenters. The Morgan fingerprint density at radius 1 is 1.18 bits per heavy atom. The van der Waals surface area contributed by atoms with Crippen molar-refractivity contribution in [3.8, 4) is 0 Å². The second-order valence-corrected chi connectivity index (χ2v) is 8.76. The van der Waals surface area contributed by atoms with Crippen LogP contribution in [0.1, 0.15) is 44.0 Å². The summed E-state index contributed by atoms with van der Waals surface area (Å²) in [5, 5.41) is 1.00. The molecule has 2 aromatic rings. The van der Waals surface area contributed by atoms with Crippen molar-refractivity contribution in [3.05, 3.63) is 36.0 Å². The third kappa shape index (κ3) is 4.49. The van der Waals surface area contributed by atoms with Gasteiger partial charge in [-0.2, -0.15) is 0 Å². The Hall–Kier alpha value is -2.50. The van der Waals surface area contributed by atoms with Gasteiger partial charge in [0.05, 0.1) is 0 Å². The molecule has 0 N–H and O–H groups in total. The zero-order valence-corrected chi connectivity index (χ0v) is 17.6. The van der Waals surface area contributed by atoms with Gasteiger partial charge in [0.15, 0.2) is 0 Å². The van der Waals surface area contributed by atoms with E-state index < -0.39 is 5.60 Å². The van der Waals surface area contributed by atoms with Gasteiger partial charge in [-0.05, 0) is 57.7 Å². The number of amides is 2. The minimum Gasteiger partial charge on any atom is -0.444 e. The lowest BCUT2D eigenvalue weighted by Gasteiger charge is -2.34. The molecule has 1 saturated heterocycles. The number of carbonyl (C=O) groups is 2. The fourth-order valence-corrected chi connectivity index (χ4v) is 3.78. The predicted octanol–water partition coefficient (Wildman–Crippen LogP) is 3.90. The number of likely N-dealkylation sites (tertiary alicyclic amines) is 1. The minimum absolute atomic E-state index is 0.0933. The molecule has 2 amide bonds. The van der Waals surface area contributed by atoms with Gasteiger partial charge in [-0.3, -0.25) is 4.79 Å². The van der Waals surface area contributed by atoms with Crippen LogP contribution < -0.4 is 0 Å². The van der Waals surface area contributed by atoms with Gasteiger partial charge in [0, 0.05) is 56.4 Å². The molecule has 1 fully saturated rings. The molecule has 1 aromatic heterocycles. The Morgan fingerprint density at radius 3 is 2.50 bits per heavy atom. The van der Waals surface area contributed by atoms with Crippen LogP contribution in [0.4, 0.5) is 4.79 Å². The molecule has 6 heteroatoms. The largest absolute Gasteiger partial charge is 0.444 e. The maximum Gasteiger partial charge on any atom is 0.410 e. The first-order valence-electron chi connectivity index (χ1n) is 9.93. The summed E-state index contributed by atoms with van der Waals surface area (Å²) < 4.78 is 7.45. The van der Waals surface area contributed by atoms with Gasteiger partial charge in [0.25, 0.3) is 5.91 Å². The third-order valence-corrected chi connectivity index (χ3v) is 5.30. The highest BCUT2D eigenvalue weighted by atomic mass is 16.6. The number of piperidine rings is 1. The smallest absolute Gasteiger partial charge is 0.410 e. The van der Waals surface area contributed by atoms with Crippen molar-refractivity contribution in [1.29, 1.82) is 0 Å². The Kier molecular flexibility index (Phi) is 5.68. The number of hydrogen-bond donors (Lipinski definition) is 0. The van der Waals surface area contributed by atoms with E-state index in [-0.39, 0.29) is 12.0 Å². The predicted molar refractivity (Wildman–Crippen MR) is 110 cm³/mol. The van der Waals surface area contributed by atoms with Crippen molar-refractivity contribution in [2.75, 3.05) is 26.7 Å². The number of aryl methyl sites for hydroxylation is 1. The summed E-state index contributed by atoms with van der Waals surface area (Å²) in [7, 11) is 3.77. The van der Waals surface area contributed by atoms with E-state index >= 15 is 0 Å². The number of carbonyl (C=O) groups excluding carboxylic acids is 2. The lowest BCUT2D eigenvalue weighted by atomic mass is 9.95. The van der Waals surface area contributed by atoms with Crippen LogP contribution in [0.25, 0.3) is 10.9 Å². The van der Waals surface area contributed by atoms with Crippen LogP contribution in [0.3, 0.4) is 0 Å². The van der Waals surface area contributed by atoms with Crippen molar-refractivity contribution in [2.24, 2.45) is 13.0 Å². The van der Waals surface area contributed by atoms with Crippen LogP contribution in [0, 0.1) is 5.92 Å². The first-order valence-corrected chi connectivity index (χ1v) is 9.93. The number of benzene rings is 1. The number of hydrogen-bond acceptors (Lipinski definition) is 3. The van der Waals surface area contributed by atoms with Crippen molar-refractivity contribution in [1.82, 2.24) is 14.4 Å². The quantitative estimate of drug-likeness (QED) is 0.805. The molecule has 28 heavy (non-hydrogen) atoms. The maximum absolute atomic E-state index is 13.0. The van der Waals surface area contributed by atoms with Crippen molar-refractivity contribution < 1.29 is 14.3 Å². The molecular weight excluding hydrogens is 354 g/mol. The average Bonchev–Trinajstić information content (AvgIpc) is 3.01. The fraction of sp³-hybridized carbons (Fsp3) is 0.545. The number of rotatable bonds is 3. The molecule has 0 radical (unpaired) electrons. The molecule has 0 saturated carbocycles. The van der Waals surface area contributed by atoms with Gasteiger partial charge < -0.3 is 19.1 Å². The SMILES string of the molecule is CN(CC1CCN(C(=O)c2cccc3c2ccn3C)CC1)C(=O)OC(C)(C)C. The first kappa shape index (κ1) is 20.2. The Bertz CT molecular complexity index is 858. The van der Waals surface area contributed by atoms with E-state index in [0.717, 1.165) is 42.4 Å². The van der Waals surface area contributed by atoms with Crippen LogP contribution in [0.2, 0.25) is 0 Å². The summed E-state index contributed by atoms with van der Waals surface area (Å²) >= 11 is 0. The lowest BCUT2D eigenvalue weighted by molar-refractivity contribution is 0.0246. The summed E-state index contributed by atoms with van der Waals surface area (Å²) in [6, 6.07) is 7.89. The van der Waals surface area contributed by atoms with E-state index in [1.165, 1.54) is 0 Å². The Labute approximate surface area is 167 Å². The van der Waals surface area contributed by atoms with Gasteiger partial charge in [-0.1, -0.05) is 6.07 Å². The van der Waals surface area contributed by atoms with Crippen LogP contribution in [0.5, 0.6) is 0 Å². The van der Waals surface area contributed by atoms with Crippen molar-refractivity contribution in [2.45, 2.75) is 39.2 Å². The van der Waals surface area contributed by atoms with E-state index in [9.17, 15) is 9.59 Å². The summed E-state index contributed by atoms with van der Waals surface area (Å²) in [6.45, 7) is 7.71. The van der Waals surface area contributed by atoms with Crippen LogP contribution >= 0.6 is 0 Å². The van der Waals surface area contributed by atoms with E-state index in [1.54, 1.807) is 11.9 Å². The highest BCUT2D eigenvalue weighted by Crippen LogP contribution is 2.24. The van der Waals surface area contributed by atoms with Crippen LogP contribution in [-0.2, 0) is 11.8 Å². The fourth-order valence-electron chi connectivity index (χ4n) is 3.78. The minimum atomic E-state index is -0.487. The molecule has 152 valence electrons. The second-order valence-electron chi connectivity index (χ2n) is 8.76. The van der Waals surface area contributed by atoms with E-state index in [2.05, 4.69) is 0 Å². The van der Waals surface area contributed by atoms with Gasteiger partial charge >= 0.3 is 6.09 Å². The van der Waals surface area contributed by atoms with Crippen LogP contribution in [0.15, 0.2) is 30.5 Å². The highest BCUT2D eigenvalue weighted by Gasteiger charge is 2.27. The molecular formula is C22H31N3O3. The summed E-state index contributed by atoms with van der Waals surface area (Å²) in [4.78, 5) is 28.8. The zero-order chi connectivity index (χ0) is 20.5. The molecule has 0 aliphatic carbocycles. The van der Waals surface area contributed by atoms with Gasteiger partial charge in [-0.15, -0.1) is 0 Å². The third-order valence-electron chi connectivity index (χ3n) is 5.30. The summed E-state index contributed by atoms with van der Waals surface area (Å²) in [5.74, 6) is 0.477. The lowest BCUT2D eigenvalue weighted by Crippen LogP contribution is -2.43. The number of aromatic nitrogens is 1.